The van der Waals surface area contributed by atoms with Crippen LogP contribution in [0.5, 0.6) is 5.75 Å². The molecule has 0 saturated carbocycles. The molecule has 1 saturated heterocycles. The number of carboxylic acids is 1. The van der Waals surface area contributed by atoms with E-state index in [1.807, 2.05) is 6.07 Å². The van der Waals surface area contributed by atoms with Crippen molar-refractivity contribution < 1.29 is 14.6 Å². The number of ether oxygens (including phenoxy) is 1. The largest absolute Gasteiger partial charge is 0.494 e. The minimum Gasteiger partial charge on any atom is -0.494 e. The number of carbonyl (C=O) groups is 1. The van der Waals surface area contributed by atoms with Crippen molar-refractivity contribution in [2.24, 2.45) is 0 Å². The summed E-state index contributed by atoms with van der Waals surface area (Å²) in [4.78, 5) is 24.1. The van der Waals surface area contributed by atoms with Gasteiger partial charge in [-0.15, -0.1) is 0 Å². The van der Waals surface area contributed by atoms with Gasteiger partial charge in [0.15, 0.2) is 0 Å². The summed E-state index contributed by atoms with van der Waals surface area (Å²) >= 11 is 0. The molecular formula is C18H22N4O3. The number of piperazine rings is 1. The van der Waals surface area contributed by atoms with Crippen LogP contribution in [0.15, 0.2) is 42.7 Å². The first-order valence-electron chi connectivity index (χ1n) is 8.43. The molecule has 1 aromatic heterocycles. The van der Waals surface area contributed by atoms with Crippen molar-refractivity contribution >= 4 is 11.9 Å². The number of hydrogen-bond acceptors (Lipinski definition) is 6. The van der Waals surface area contributed by atoms with Crippen molar-refractivity contribution in [3.8, 4) is 5.75 Å². The van der Waals surface area contributed by atoms with Gasteiger partial charge in [-0.25, -0.2) is 14.8 Å². The van der Waals surface area contributed by atoms with Gasteiger partial charge in [-0.1, -0.05) is 6.07 Å². The summed E-state index contributed by atoms with van der Waals surface area (Å²) in [6, 6.07) is 8.42. The molecular weight excluding hydrogens is 320 g/mol. The minimum atomic E-state index is -0.939. The van der Waals surface area contributed by atoms with Crippen LogP contribution in [0.2, 0.25) is 0 Å². The second kappa shape index (κ2) is 8.43. The summed E-state index contributed by atoms with van der Waals surface area (Å²) in [6.45, 7) is 5.34. The van der Waals surface area contributed by atoms with E-state index < -0.39 is 5.97 Å². The van der Waals surface area contributed by atoms with Crippen molar-refractivity contribution in [3.05, 3.63) is 48.3 Å². The van der Waals surface area contributed by atoms with E-state index in [0.717, 1.165) is 45.1 Å². The zero-order chi connectivity index (χ0) is 17.5. The molecule has 25 heavy (non-hydrogen) atoms. The first-order chi connectivity index (χ1) is 12.2. The molecule has 1 aliphatic heterocycles. The van der Waals surface area contributed by atoms with Crippen LogP contribution in [0.1, 0.15) is 16.8 Å². The lowest BCUT2D eigenvalue weighted by molar-refractivity contribution is 0.0696. The minimum absolute atomic E-state index is 0.247. The predicted octanol–water partition coefficient (Wildman–Crippen LogP) is 1.77. The smallest absolute Gasteiger partial charge is 0.335 e. The molecule has 0 amide bonds. The van der Waals surface area contributed by atoms with Crippen LogP contribution in [-0.4, -0.2) is 65.3 Å². The molecule has 3 rings (SSSR count). The summed E-state index contributed by atoms with van der Waals surface area (Å²) in [5, 5.41) is 8.98. The first kappa shape index (κ1) is 17.2. The summed E-state index contributed by atoms with van der Waals surface area (Å²) in [5.74, 6) is 0.459. The van der Waals surface area contributed by atoms with Crippen molar-refractivity contribution in [1.29, 1.82) is 0 Å². The van der Waals surface area contributed by atoms with E-state index in [0.29, 0.717) is 12.4 Å². The molecule has 0 atom stereocenters. The van der Waals surface area contributed by atoms with Gasteiger partial charge in [0.1, 0.15) is 5.75 Å². The van der Waals surface area contributed by atoms with Gasteiger partial charge >= 0.3 is 5.97 Å². The van der Waals surface area contributed by atoms with Crippen LogP contribution in [0, 0.1) is 0 Å². The molecule has 0 bridgehead atoms. The maximum absolute atomic E-state index is 10.9. The van der Waals surface area contributed by atoms with Crippen molar-refractivity contribution in [3.63, 3.8) is 0 Å². The fraction of sp³-hybridized carbons (Fsp3) is 0.389. The van der Waals surface area contributed by atoms with Gasteiger partial charge < -0.3 is 14.7 Å². The summed E-state index contributed by atoms with van der Waals surface area (Å²) in [5.41, 5.74) is 0.247. The Morgan fingerprint density at radius 3 is 2.60 bits per heavy atom. The fourth-order valence-electron chi connectivity index (χ4n) is 2.82. The van der Waals surface area contributed by atoms with Crippen molar-refractivity contribution in [2.75, 3.05) is 44.2 Å². The third-order valence-corrected chi connectivity index (χ3v) is 4.18. The highest BCUT2D eigenvalue weighted by Crippen LogP contribution is 2.14. The highest BCUT2D eigenvalue weighted by molar-refractivity contribution is 5.87. The van der Waals surface area contributed by atoms with E-state index in [1.165, 1.54) is 0 Å². The quantitative estimate of drug-likeness (QED) is 0.768. The fourth-order valence-corrected chi connectivity index (χ4v) is 2.82. The van der Waals surface area contributed by atoms with Crippen LogP contribution >= 0.6 is 0 Å². The number of nitrogens with zero attached hydrogens (tertiary/aromatic N) is 4. The zero-order valence-electron chi connectivity index (χ0n) is 14.0. The van der Waals surface area contributed by atoms with E-state index in [-0.39, 0.29) is 5.56 Å². The Labute approximate surface area is 146 Å². The Bertz CT molecular complexity index is 688. The average Bonchev–Trinajstić information content (AvgIpc) is 2.67. The zero-order valence-corrected chi connectivity index (χ0v) is 14.0. The number of hydrogen-bond donors (Lipinski definition) is 1. The van der Waals surface area contributed by atoms with Gasteiger partial charge in [0, 0.05) is 45.1 Å². The molecule has 2 aromatic rings. The molecule has 0 spiro atoms. The molecule has 0 radical (unpaired) electrons. The molecule has 2 heterocycles. The van der Waals surface area contributed by atoms with Gasteiger partial charge in [0.05, 0.1) is 12.2 Å². The second-order valence-corrected chi connectivity index (χ2v) is 5.91. The van der Waals surface area contributed by atoms with Gasteiger partial charge in [-0.3, -0.25) is 4.90 Å². The van der Waals surface area contributed by atoms with E-state index >= 15 is 0 Å². The monoisotopic (exact) mass is 342 g/mol. The number of benzene rings is 1. The summed E-state index contributed by atoms with van der Waals surface area (Å²) < 4.78 is 5.66. The van der Waals surface area contributed by atoms with Crippen molar-refractivity contribution in [1.82, 2.24) is 14.9 Å². The molecule has 1 aliphatic rings. The molecule has 132 valence electrons. The Hall–Kier alpha value is -2.67. The molecule has 1 fully saturated rings. The Morgan fingerprint density at radius 2 is 1.88 bits per heavy atom. The summed E-state index contributed by atoms with van der Waals surface area (Å²) in [7, 11) is 0. The highest BCUT2D eigenvalue weighted by Gasteiger charge is 2.18. The standard InChI is InChI=1S/C18H22N4O3/c23-17(24)15-4-1-5-16(14-15)25-13-3-8-21-9-11-22(12-10-21)18-19-6-2-7-20-18/h1-2,4-7,14H,3,8-13H2,(H,23,24). The third-order valence-electron chi connectivity index (χ3n) is 4.18. The van der Waals surface area contributed by atoms with Crippen LogP contribution < -0.4 is 9.64 Å². The number of carboxylic acid groups (broad SMARTS) is 1. The number of anilines is 1. The van der Waals surface area contributed by atoms with E-state index in [4.69, 9.17) is 9.84 Å². The normalized spacial score (nSPS) is 15.1. The maximum atomic E-state index is 10.9. The van der Waals surface area contributed by atoms with Crippen LogP contribution in [-0.2, 0) is 0 Å². The Morgan fingerprint density at radius 1 is 1.12 bits per heavy atom. The second-order valence-electron chi connectivity index (χ2n) is 5.91. The topological polar surface area (TPSA) is 78.8 Å². The number of rotatable bonds is 7. The van der Waals surface area contributed by atoms with Gasteiger partial charge in [-0.05, 0) is 30.7 Å². The van der Waals surface area contributed by atoms with Gasteiger partial charge in [0.25, 0.3) is 0 Å². The molecule has 1 aromatic carbocycles. The SMILES string of the molecule is O=C(O)c1cccc(OCCCN2CCN(c3ncccn3)CC2)c1. The Kier molecular flexibility index (Phi) is 5.79. The predicted molar refractivity (Wildman–Crippen MR) is 94.2 cm³/mol. The number of aromatic carboxylic acids is 1. The molecule has 1 N–H and O–H groups in total. The van der Waals surface area contributed by atoms with Crippen LogP contribution in [0.3, 0.4) is 0 Å². The molecule has 7 nitrogen and oxygen atoms in total. The van der Waals surface area contributed by atoms with Gasteiger partial charge in [-0.2, -0.15) is 0 Å². The number of aromatic nitrogens is 2. The van der Waals surface area contributed by atoms with E-state index in [9.17, 15) is 4.79 Å². The molecule has 7 heteroatoms. The van der Waals surface area contributed by atoms with Crippen LogP contribution in [0.4, 0.5) is 5.95 Å². The van der Waals surface area contributed by atoms with E-state index in [2.05, 4.69) is 19.8 Å². The maximum Gasteiger partial charge on any atom is 0.335 e. The highest BCUT2D eigenvalue weighted by atomic mass is 16.5. The average molecular weight is 342 g/mol. The third kappa shape index (κ3) is 4.90. The lowest BCUT2D eigenvalue weighted by Crippen LogP contribution is -2.47. The van der Waals surface area contributed by atoms with Crippen LogP contribution in [0.25, 0.3) is 0 Å². The van der Waals surface area contributed by atoms with Gasteiger partial charge in [0.2, 0.25) is 5.95 Å². The molecule has 0 unspecified atom stereocenters. The van der Waals surface area contributed by atoms with Crippen molar-refractivity contribution in [2.45, 2.75) is 6.42 Å². The lowest BCUT2D eigenvalue weighted by atomic mass is 10.2. The Balaban J connectivity index is 1.36. The van der Waals surface area contributed by atoms with E-state index in [1.54, 1.807) is 36.7 Å². The molecule has 0 aliphatic carbocycles. The lowest BCUT2D eigenvalue weighted by Gasteiger charge is -2.34. The first-order valence-corrected chi connectivity index (χ1v) is 8.43. The summed E-state index contributed by atoms with van der Waals surface area (Å²) in [6.07, 6.45) is 4.44.